The van der Waals surface area contributed by atoms with Crippen molar-refractivity contribution in [3.63, 3.8) is 0 Å². The summed E-state index contributed by atoms with van der Waals surface area (Å²) in [4.78, 5) is 13.8. The van der Waals surface area contributed by atoms with Crippen LogP contribution in [-0.2, 0) is 9.53 Å². The predicted octanol–water partition coefficient (Wildman–Crippen LogP) is 2.76. The monoisotopic (exact) mass is 239 g/mol. The summed E-state index contributed by atoms with van der Waals surface area (Å²) in [5.41, 5.74) is 0.716. The smallest absolute Gasteiger partial charge is 0.333 e. The molecule has 1 fully saturated rings. The molecule has 0 bridgehead atoms. The van der Waals surface area contributed by atoms with Gasteiger partial charge in [0.1, 0.15) is 0 Å². The lowest BCUT2D eigenvalue weighted by Crippen LogP contribution is -2.39. The Kier molecular flexibility index (Phi) is 6.27. The summed E-state index contributed by atoms with van der Waals surface area (Å²) in [5, 5.41) is 0. The summed E-state index contributed by atoms with van der Waals surface area (Å²) in [6, 6.07) is 0.704. The number of ether oxygens (including phenoxy) is 1. The van der Waals surface area contributed by atoms with E-state index in [1.54, 1.807) is 0 Å². The molecule has 0 N–H and O–H groups in total. The summed E-state index contributed by atoms with van der Waals surface area (Å²) in [6.07, 6.45) is 8.44. The Morgan fingerprint density at radius 2 is 2.24 bits per heavy atom. The highest BCUT2D eigenvalue weighted by molar-refractivity contribution is 5.87. The molecule has 0 aromatic rings. The van der Waals surface area contributed by atoms with E-state index in [0.29, 0.717) is 11.6 Å². The molecule has 0 aliphatic carbocycles. The van der Waals surface area contributed by atoms with Gasteiger partial charge in [0, 0.05) is 18.2 Å². The van der Waals surface area contributed by atoms with E-state index < -0.39 is 0 Å². The molecule has 1 aliphatic rings. The number of rotatable bonds is 5. The normalized spacial score (nSPS) is 22.5. The predicted molar refractivity (Wildman–Crippen MR) is 69.9 cm³/mol. The van der Waals surface area contributed by atoms with Gasteiger partial charge < -0.3 is 4.74 Å². The second kappa shape index (κ2) is 7.49. The summed E-state index contributed by atoms with van der Waals surface area (Å²) < 4.78 is 4.70. The topological polar surface area (TPSA) is 29.5 Å². The van der Waals surface area contributed by atoms with E-state index in [4.69, 9.17) is 4.74 Å². The van der Waals surface area contributed by atoms with E-state index in [2.05, 4.69) is 11.8 Å². The Hall–Kier alpha value is -0.830. The number of hydrogen-bond donors (Lipinski definition) is 0. The first kappa shape index (κ1) is 14.2. The van der Waals surface area contributed by atoms with Gasteiger partial charge in [0.25, 0.3) is 0 Å². The summed E-state index contributed by atoms with van der Waals surface area (Å²) in [5.74, 6) is -0.214. The molecule has 3 heteroatoms. The molecule has 0 amide bonds. The van der Waals surface area contributed by atoms with Gasteiger partial charge in [0.2, 0.25) is 0 Å². The maximum atomic E-state index is 11.3. The van der Waals surface area contributed by atoms with E-state index in [1.165, 1.54) is 39.2 Å². The highest BCUT2D eigenvalue weighted by Crippen LogP contribution is 2.20. The van der Waals surface area contributed by atoms with Crippen LogP contribution in [0.3, 0.4) is 0 Å². The van der Waals surface area contributed by atoms with Crippen molar-refractivity contribution in [2.45, 2.75) is 52.0 Å². The van der Waals surface area contributed by atoms with E-state index >= 15 is 0 Å². The zero-order valence-corrected chi connectivity index (χ0v) is 11.4. The highest BCUT2D eigenvalue weighted by Gasteiger charge is 2.20. The molecule has 0 radical (unpaired) electrons. The molecule has 98 valence electrons. The Labute approximate surface area is 105 Å². The molecular formula is C14H25NO2. The maximum Gasteiger partial charge on any atom is 0.333 e. The quantitative estimate of drug-likeness (QED) is 0.546. The zero-order valence-electron chi connectivity index (χ0n) is 11.4. The van der Waals surface area contributed by atoms with Crippen molar-refractivity contribution in [3.8, 4) is 0 Å². The lowest BCUT2D eigenvalue weighted by Gasteiger charge is -2.35. The third-order valence-corrected chi connectivity index (χ3v) is 3.51. The molecule has 17 heavy (non-hydrogen) atoms. The number of nitrogens with zero attached hydrogens (tertiary/aromatic N) is 1. The average molecular weight is 239 g/mol. The molecule has 0 saturated carbocycles. The van der Waals surface area contributed by atoms with Crippen molar-refractivity contribution in [1.82, 2.24) is 4.90 Å². The van der Waals surface area contributed by atoms with Crippen molar-refractivity contribution in [2.75, 3.05) is 20.2 Å². The van der Waals surface area contributed by atoms with Gasteiger partial charge in [0.15, 0.2) is 0 Å². The Bertz CT molecular complexity index is 271. The van der Waals surface area contributed by atoms with Gasteiger partial charge in [-0.2, -0.15) is 0 Å². The minimum Gasteiger partial charge on any atom is -0.466 e. The molecule has 1 rings (SSSR count). The number of carbonyl (C=O) groups excluding carboxylic acids is 1. The fraction of sp³-hybridized carbons (Fsp3) is 0.786. The van der Waals surface area contributed by atoms with Crippen molar-refractivity contribution < 1.29 is 9.53 Å². The number of methoxy groups -OCH3 is 1. The summed E-state index contributed by atoms with van der Waals surface area (Å²) >= 11 is 0. The zero-order chi connectivity index (χ0) is 12.7. The number of esters is 1. The number of hydrogen-bond acceptors (Lipinski definition) is 3. The van der Waals surface area contributed by atoms with E-state index in [9.17, 15) is 4.79 Å². The van der Waals surface area contributed by atoms with Gasteiger partial charge in [-0.3, -0.25) is 4.90 Å². The fourth-order valence-corrected chi connectivity index (χ4v) is 2.46. The van der Waals surface area contributed by atoms with Gasteiger partial charge in [0.05, 0.1) is 7.11 Å². The van der Waals surface area contributed by atoms with Crippen LogP contribution in [-0.4, -0.2) is 37.1 Å². The lowest BCUT2D eigenvalue weighted by atomic mass is 9.98. The van der Waals surface area contributed by atoms with Gasteiger partial charge in [-0.05, 0) is 32.7 Å². The average Bonchev–Trinajstić information content (AvgIpc) is 2.36. The fourth-order valence-electron chi connectivity index (χ4n) is 2.46. The summed E-state index contributed by atoms with van der Waals surface area (Å²) in [6.45, 7) is 6.11. The number of likely N-dealkylation sites (tertiary alicyclic amines) is 1. The first-order valence-corrected chi connectivity index (χ1v) is 6.68. The van der Waals surface area contributed by atoms with Gasteiger partial charge >= 0.3 is 5.97 Å². The maximum absolute atomic E-state index is 11.3. The third-order valence-electron chi connectivity index (χ3n) is 3.51. The van der Waals surface area contributed by atoms with Gasteiger partial charge in [-0.1, -0.05) is 25.8 Å². The standard InChI is InChI=1S/C14H25NO2/c1-4-7-13-8-5-6-10-15(13)11-9-12(2)14(16)17-3/h9,13H,4-8,10-11H2,1-3H3/b12-9-. The minimum absolute atomic E-state index is 0.214. The van der Waals surface area contributed by atoms with Crippen LogP contribution in [0.15, 0.2) is 11.6 Å². The molecule has 0 aromatic carbocycles. The van der Waals surface area contributed by atoms with Gasteiger partial charge in [-0.25, -0.2) is 4.79 Å². The molecule has 1 saturated heterocycles. The third kappa shape index (κ3) is 4.50. The van der Waals surface area contributed by atoms with Gasteiger partial charge in [-0.15, -0.1) is 0 Å². The molecule has 3 nitrogen and oxygen atoms in total. The van der Waals surface area contributed by atoms with Crippen LogP contribution in [0.25, 0.3) is 0 Å². The van der Waals surface area contributed by atoms with Crippen LogP contribution in [0.1, 0.15) is 46.0 Å². The second-order valence-electron chi connectivity index (χ2n) is 4.81. The Morgan fingerprint density at radius 3 is 2.88 bits per heavy atom. The van der Waals surface area contributed by atoms with Crippen molar-refractivity contribution >= 4 is 5.97 Å². The Balaban J connectivity index is 2.50. The van der Waals surface area contributed by atoms with E-state index in [-0.39, 0.29) is 5.97 Å². The van der Waals surface area contributed by atoms with Crippen molar-refractivity contribution in [2.24, 2.45) is 0 Å². The Morgan fingerprint density at radius 1 is 1.47 bits per heavy atom. The van der Waals surface area contributed by atoms with E-state index in [1.807, 2.05) is 13.0 Å². The van der Waals surface area contributed by atoms with Crippen LogP contribution < -0.4 is 0 Å². The first-order valence-electron chi connectivity index (χ1n) is 6.68. The molecule has 0 spiro atoms. The van der Waals surface area contributed by atoms with Crippen LogP contribution in [0.2, 0.25) is 0 Å². The summed E-state index contributed by atoms with van der Waals surface area (Å²) in [7, 11) is 1.43. The van der Waals surface area contributed by atoms with E-state index in [0.717, 1.165) is 13.1 Å². The van der Waals surface area contributed by atoms with Crippen LogP contribution in [0.5, 0.6) is 0 Å². The largest absolute Gasteiger partial charge is 0.466 e. The first-order chi connectivity index (χ1) is 8.19. The molecule has 1 aliphatic heterocycles. The van der Waals surface area contributed by atoms with Crippen LogP contribution in [0.4, 0.5) is 0 Å². The molecule has 1 unspecified atom stereocenters. The molecule has 0 aromatic heterocycles. The van der Waals surface area contributed by atoms with Crippen LogP contribution in [0, 0.1) is 0 Å². The lowest BCUT2D eigenvalue weighted by molar-refractivity contribution is -0.136. The van der Waals surface area contributed by atoms with Crippen molar-refractivity contribution in [1.29, 1.82) is 0 Å². The van der Waals surface area contributed by atoms with Crippen molar-refractivity contribution in [3.05, 3.63) is 11.6 Å². The SMILES string of the molecule is CCCC1CCCCN1C/C=C(/C)C(=O)OC. The highest BCUT2D eigenvalue weighted by atomic mass is 16.5. The molecule has 1 atom stereocenters. The second-order valence-corrected chi connectivity index (χ2v) is 4.81. The molecular weight excluding hydrogens is 214 g/mol. The molecule has 1 heterocycles. The number of carbonyl (C=O) groups is 1. The van der Waals surface area contributed by atoms with Crippen LogP contribution >= 0.6 is 0 Å². The number of piperidine rings is 1. The minimum atomic E-state index is -0.214.